The monoisotopic (exact) mass is 322 g/mol. The zero-order valence-corrected chi connectivity index (χ0v) is 13.7. The Morgan fingerprint density at radius 2 is 1.87 bits per heavy atom. The van der Waals surface area contributed by atoms with Crippen molar-refractivity contribution < 1.29 is 5.76 Å². The summed E-state index contributed by atoms with van der Waals surface area (Å²) < 4.78 is 24.6. The first-order valence-corrected chi connectivity index (χ1v) is 8.33. The van der Waals surface area contributed by atoms with Gasteiger partial charge in [0.15, 0.2) is 0 Å². The molecule has 23 heavy (non-hydrogen) atoms. The standard InChI is InChI=1S/C20H16FNS/c1-12(2)16-10-18(22-11-17(16)21)15-8-5-7-14-13-6-3-4-9-19(13)23-20(14)15/h3-12H,1-2H3/i12D. The molecule has 0 N–H and O–H groups in total. The third-order valence-corrected chi connectivity index (χ3v) is 5.29. The van der Waals surface area contributed by atoms with Crippen molar-refractivity contribution in [3.05, 3.63) is 66.1 Å². The van der Waals surface area contributed by atoms with Crippen LogP contribution in [0.3, 0.4) is 0 Å². The molecule has 0 aliphatic heterocycles. The van der Waals surface area contributed by atoms with Crippen LogP contribution >= 0.6 is 11.3 Å². The van der Waals surface area contributed by atoms with E-state index in [4.69, 9.17) is 1.37 Å². The molecule has 114 valence electrons. The van der Waals surface area contributed by atoms with Crippen LogP contribution in [0.5, 0.6) is 0 Å². The lowest BCUT2D eigenvalue weighted by Crippen LogP contribution is -1.96. The van der Waals surface area contributed by atoms with Gasteiger partial charge in [0.2, 0.25) is 0 Å². The average Bonchev–Trinajstić information content (AvgIpc) is 2.93. The highest BCUT2D eigenvalue weighted by Gasteiger charge is 2.14. The molecule has 4 rings (SSSR count). The highest BCUT2D eigenvalue weighted by molar-refractivity contribution is 7.26. The molecule has 0 radical (unpaired) electrons. The number of nitrogens with zero attached hydrogens (tertiary/aromatic N) is 1. The van der Waals surface area contributed by atoms with Gasteiger partial charge in [-0.2, -0.15) is 0 Å². The minimum absolute atomic E-state index is 0.366. The second-order valence-corrected chi connectivity index (χ2v) is 6.88. The predicted octanol–water partition coefficient (Wildman–Crippen LogP) is 6.38. The van der Waals surface area contributed by atoms with Gasteiger partial charge in [0.05, 0.1) is 11.9 Å². The molecular weight excluding hydrogens is 305 g/mol. The van der Waals surface area contributed by atoms with E-state index in [9.17, 15) is 4.39 Å². The average molecular weight is 322 g/mol. The summed E-state index contributed by atoms with van der Waals surface area (Å²) in [6, 6.07) is 16.1. The van der Waals surface area contributed by atoms with Crippen LogP contribution in [-0.2, 0) is 0 Å². The largest absolute Gasteiger partial charge is 0.253 e. The lowest BCUT2D eigenvalue weighted by molar-refractivity contribution is 0.592. The maximum Gasteiger partial charge on any atom is 0.144 e. The van der Waals surface area contributed by atoms with Gasteiger partial charge in [-0.1, -0.05) is 50.2 Å². The molecule has 0 aliphatic rings. The maximum absolute atomic E-state index is 14.1. The zero-order valence-electron chi connectivity index (χ0n) is 13.9. The van der Waals surface area contributed by atoms with E-state index < -0.39 is 11.7 Å². The van der Waals surface area contributed by atoms with Crippen molar-refractivity contribution in [3.8, 4) is 11.3 Å². The fraction of sp³-hybridized carbons (Fsp3) is 0.150. The third-order valence-electron chi connectivity index (χ3n) is 4.07. The number of hydrogen-bond donors (Lipinski definition) is 0. The molecule has 0 saturated carbocycles. The molecule has 2 aromatic carbocycles. The van der Waals surface area contributed by atoms with Crippen molar-refractivity contribution in [2.24, 2.45) is 0 Å². The van der Waals surface area contributed by atoms with Crippen molar-refractivity contribution in [2.75, 3.05) is 0 Å². The Labute approximate surface area is 139 Å². The SMILES string of the molecule is [2H]C(C)(C)c1cc(-c2cccc3c2sc2ccccc23)ncc1F. The number of hydrogen-bond acceptors (Lipinski definition) is 2. The zero-order chi connectivity index (χ0) is 16.9. The number of thiophene rings is 1. The molecule has 0 aliphatic carbocycles. The summed E-state index contributed by atoms with van der Waals surface area (Å²) in [7, 11) is 0. The first-order valence-electron chi connectivity index (χ1n) is 8.02. The van der Waals surface area contributed by atoms with Gasteiger partial charge in [0, 0.05) is 27.1 Å². The van der Waals surface area contributed by atoms with Crippen molar-refractivity contribution in [3.63, 3.8) is 0 Å². The number of benzene rings is 2. The Morgan fingerprint density at radius 1 is 1.09 bits per heavy atom. The predicted molar refractivity (Wildman–Crippen MR) is 96.6 cm³/mol. The second kappa shape index (κ2) is 5.43. The quantitative estimate of drug-likeness (QED) is 0.417. The topological polar surface area (TPSA) is 12.9 Å². The smallest absolute Gasteiger partial charge is 0.144 e. The van der Waals surface area contributed by atoms with Gasteiger partial charge in [-0.3, -0.25) is 4.98 Å². The number of rotatable bonds is 2. The summed E-state index contributed by atoms with van der Waals surface area (Å²) in [6.07, 6.45) is 1.23. The van der Waals surface area contributed by atoms with Crippen molar-refractivity contribution in [1.82, 2.24) is 4.98 Å². The Hall–Kier alpha value is -2.26. The summed E-state index contributed by atoms with van der Waals surface area (Å²) in [5, 5.41) is 2.41. The molecule has 2 aromatic heterocycles. The van der Waals surface area contributed by atoms with E-state index in [1.165, 1.54) is 21.7 Å². The van der Waals surface area contributed by atoms with Gasteiger partial charge >= 0.3 is 0 Å². The number of halogens is 1. The molecular formula is C20H16FNS. The second-order valence-electron chi connectivity index (χ2n) is 5.83. The van der Waals surface area contributed by atoms with Gasteiger partial charge in [-0.05, 0) is 23.6 Å². The van der Waals surface area contributed by atoms with E-state index in [1.807, 2.05) is 24.3 Å². The Kier molecular flexibility index (Phi) is 3.12. The van der Waals surface area contributed by atoms with Gasteiger partial charge in [-0.25, -0.2) is 4.39 Å². The van der Waals surface area contributed by atoms with Crippen molar-refractivity contribution >= 4 is 31.5 Å². The highest BCUT2D eigenvalue weighted by atomic mass is 32.1. The first-order chi connectivity index (χ1) is 11.4. The maximum atomic E-state index is 14.1. The molecule has 0 amide bonds. The molecule has 4 aromatic rings. The molecule has 3 heteroatoms. The summed E-state index contributed by atoms with van der Waals surface area (Å²) in [4.78, 5) is 4.29. The normalized spacial score (nSPS) is 12.7. The van der Waals surface area contributed by atoms with E-state index >= 15 is 0 Å². The lowest BCUT2D eigenvalue weighted by atomic mass is 10.00. The fourth-order valence-electron chi connectivity index (χ4n) is 2.92. The van der Waals surface area contributed by atoms with E-state index in [1.54, 1.807) is 31.3 Å². The van der Waals surface area contributed by atoms with E-state index in [0.29, 0.717) is 11.3 Å². The highest BCUT2D eigenvalue weighted by Crippen LogP contribution is 2.39. The molecule has 0 spiro atoms. The summed E-state index contributed by atoms with van der Waals surface area (Å²) >= 11 is 1.72. The van der Waals surface area contributed by atoms with Crippen LogP contribution in [0.15, 0.2) is 54.7 Å². The lowest BCUT2D eigenvalue weighted by Gasteiger charge is -2.09. The van der Waals surface area contributed by atoms with E-state index in [-0.39, 0.29) is 0 Å². The molecule has 0 bridgehead atoms. The first kappa shape index (κ1) is 13.2. The van der Waals surface area contributed by atoms with Crippen LogP contribution in [0, 0.1) is 5.82 Å². The van der Waals surface area contributed by atoms with E-state index in [0.717, 1.165) is 10.3 Å². The van der Waals surface area contributed by atoms with Crippen LogP contribution in [0.25, 0.3) is 31.4 Å². The van der Waals surface area contributed by atoms with Crippen molar-refractivity contribution in [2.45, 2.75) is 19.7 Å². The van der Waals surface area contributed by atoms with Gasteiger partial charge in [0.25, 0.3) is 0 Å². The summed E-state index contributed by atoms with van der Waals surface area (Å²) in [5.74, 6) is -1.43. The van der Waals surface area contributed by atoms with Crippen LogP contribution in [0.4, 0.5) is 4.39 Å². The van der Waals surface area contributed by atoms with Crippen molar-refractivity contribution in [1.29, 1.82) is 0 Å². The minimum Gasteiger partial charge on any atom is -0.253 e. The Balaban J connectivity index is 2.00. The molecule has 0 unspecified atom stereocenters. The van der Waals surface area contributed by atoms with Crippen LogP contribution in [0.2, 0.25) is 0 Å². The number of pyridine rings is 1. The Morgan fingerprint density at radius 3 is 2.70 bits per heavy atom. The number of aromatic nitrogens is 1. The van der Waals surface area contributed by atoms with Gasteiger partial charge < -0.3 is 0 Å². The van der Waals surface area contributed by atoms with Gasteiger partial charge in [0.1, 0.15) is 5.82 Å². The van der Waals surface area contributed by atoms with E-state index in [2.05, 4.69) is 23.2 Å². The molecule has 2 heterocycles. The summed E-state index contributed by atoms with van der Waals surface area (Å²) in [6.45, 7) is 3.38. The molecule has 0 atom stereocenters. The minimum atomic E-state index is -1.00. The number of fused-ring (bicyclic) bond motifs is 3. The summed E-state index contributed by atoms with van der Waals surface area (Å²) in [5.41, 5.74) is 2.06. The van der Waals surface area contributed by atoms with Gasteiger partial charge in [-0.15, -0.1) is 11.3 Å². The molecule has 0 fully saturated rings. The van der Waals surface area contributed by atoms with Crippen LogP contribution < -0.4 is 0 Å². The Bertz CT molecular complexity index is 1060. The van der Waals surface area contributed by atoms with Crippen LogP contribution in [-0.4, -0.2) is 4.98 Å². The fourth-order valence-corrected chi connectivity index (χ4v) is 4.14. The molecule has 0 saturated heterocycles. The van der Waals surface area contributed by atoms with Crippen LogP contribution in [0.1, 0.15) is 26.7 Å². The third kappa shape index (κ3) is 2.32. The molecule has 1 nitrogen and oxygen atoms in total.